The maximum absolute atomic E-state index is 9.33. The van der Waals surface area contributed by atoms with Gasteiger partial charge in [-0.05, 0) is 30.8 Å². The van der Waals surface area contributed by atoms with Gasteiger partial charge in [-0.3, -0.25) is 0 Å². The summed E-state index contributed by atoms with van der Waals surface area (Å²) in [5.74, 6) is 0.829. The summed E-state index contributed by atoms with van der Waals surface area (Å²) in [6.07, 6.45) is 0. The van der Waals surface area contributed by atoms with Crippen LogP contribution in [0.3, 0.4) is 0 Å². The molecule has 1 aromatic carbocycles. The molecule has 0 radical (unpaired) electrons. The minimum absolute atomic E-state index is 0.351. The predicted molar refractivity (Wildman–Crippen MR) is 53.3 cm³/mol. The minimum atomic E-state index is 0.351. The molecule has 70 valence electrons. The Kier molecular flexibility index (Phi) is 2.10. The van der Waals surface area contributed by atoms with Gasteiger partial charge in [-0.25, -0.2) is 0 Å². The fraction of sp³-hybridized carbons (Fsp3) is 0.400. The Hall–Kier alpha value is -1.22. The molecule has 13 heavy (non-hydrogen) atoms. The van der Waals surface area contributed by atoms with Crippen molar-refractivity contribution in [2.75, 3.05) is 25.5 Å². The van der Waals surface area contributed by atoms with Crippen molar-refractivity contribution in [3.8, 4) is 5.75 Å². The highest BCUT2D eigenvalue weighted by Gasteiger charge is 2.21. The van der Waals surface area contributed by atoms with Crippen LogP contribution in [0.4, 0.5) is 5.69 Å². The van der Waals surface area contributed by atoms with Crippen molar-refractivity contribution >= 4 is 5.69 Å². The number of aromatic hydroxyl groups is 1. The monoisotopic (exact) mass is 178 g/mol. The highest BCUT2D eigenvalue weighted by atomic mass is 16.3. The molecule has 0 saturated heterocycles. The molecule has 0 spiro atoms. The number of rotatable bonds is 2. The zero-order valence-corrected chi connectivity index (χ0v) is 7.67. The van der Waals surface area contributed by atoms with Gasteiger partial charge in [-0.2, -0.15) is 0 Å². The van der Waals surface area contributed by atoms with Crippen molar-refractivity contribution < 1.29 is 5.11 Å². The van der Waals surface area contributed by atoms with Crippen LogP contribution in [-0.4, -0.2) is 25.2 Å². The molecule has 1 aliphatic heterocycles. The topological polar surface area (TPSA) is 44.3 Å². The summed E-state index contributed by atoms with van der Waals surface area (Å²) in [7, 11) is 1.95. The number of benzene rings is 1. The molecule has 3 heteroatoms. The summed E-state index contributed by atoms with van der Waals surface area (Å²) in [4.78, 5) is 0. The lowest BCUT2D eigenvalue weighted by atomic mass is 10.0. The zero-order chi connectivity index (χ0) is 9.26. The van der Waals surface area contributed by atoms with E-state index in [0.29, 0.717) is 11.7 Å². The Morgan fingerprint density at radius 2 is 2.46 bits per heavy atom. The highest BCUT2D eigenvalue weighted by molar-refractivity contribution is 5.60. The lowest BCUT2D eigenvalue weighted by Gasteiger charge is -2.08. The van der Waals surface area contributed by atoms with Gasteiger partial charge in [-0.15, -0.1) is 0 Å². The number of anilines is 1. The minimum Gasteiger partial charge on any atom is -0.508 e. The van der Waals surface area contributed by atoms with Crippen LogP contribution in [0.25, 0.3) is 0 Å². The van der Waals surface area contributed by atoms with Crippen molar-refractivity contribution in [1.29, 1.82) is 0 Å². The molecule has 3 N–H and O–H groups in total. The van der Waals surface area contributed by atoms with Crippen molar-refractivity contribution in [2.24, 2.45) is 0 Å². The average Bonchev–Trinajstić information content (AvgIpc) is 2.49. The van der Waals surface area contributed by atoms with Gasteiger partial charge in [0.1, 0.15) is 5.75 Å². The van der Waals surface area contributed by atoms with Crippen LogP contribution in [0.2, 0.25) is 0 Å². The third-order valence-corrected chi connectivity index (χ3v) is 2.46. The molecule has 3 nitrogen and oxygen atoms in total. The second-order valence-corrected chi connectivity index (χ2v) is 3.41. The number of fused-ring (bicyclic) bond motifs is 1. The molecular formula is C10H14N2O. The van der Waals surface area contributed by atoms with Gasteiger partial charge in [0.05, 0.1) is 0 Å². The maximum atomic E-state index is 9.33. The lowest BCUT2D eigenvalue weighted by molar-refractivity contribution is 0.474. The molecular weight excluding hydrogens is 164 g/mol. The smallest absolute Gasteiger partial charge is 0.116 e. The molecule has 0 fully saturated rings. The molecule has 0 amide bonds. The Morgan fingerprint density at radius 1 is 1.62 bits per heavy atom. The second-order valence-electron chi connectivity index (χ2n) is 3.41. The normalized spacial score (nSPS) is 19.6. The molecule has 1 aliphatic rings. The Morgan fingerprint density at radius 3 is 3.23 bits per heavy atom. The van der Waals surface area contributed by atoms with E-state index in [4.69, 9.17) is 0 Å². The fourth-order valence-electron chi connectivity index (χ4n) is 1.82. The van der Waals surface area contributed by atoms with Gasteiger partial charge in [0.25, 0.3) is 0 Å². The first kappa shape index (κ1) is 8.38. The highest BCUT2D eigenvalue weighted by Crippen LogP contribution is 2.33. The maximum Gasteiger partial charge on any atom is 0.116 e. The number of hydrogen-bond acceptors (Lipinski definition) is 3. The summed E-state index contributed by atoms with van der Waals surface area (Å²) < 4.78 is 0. The molecule has 1 aromatic rings. The van der Waals surface area contributed by atoms with Gasteiger partial charge in [0.2, 0.25) is 0 Å². The van der Waals surface area contributed by atoms with Crippen LogP contribution in [0.15, 0.2) is 18.2 Å². The average molecular weight is 178 g/mol. The molecule has 0 aliphatic carbocycles. The van der Waals surface area contributed by atoms with Gasteiger partial charge in [0, 0.05) is 24.7 Å². The molecule has 0 saturated carbocycles. The van der Waals surface area contributed by atoms with Gasteiger partial charge in [-0.1, -0.05) is 0 Å². The van der Waals surface area contributed by atoms with E-state index in [2.05, 4.69) is 10.6 Å². The molecule has 2 rings (SSSR count). The third-order valence-electron chi connectivity index (χ3n) is 2.46. The molecule has 1 heterocycles. The van der Waals surface area contributed by atoms with Gasteiger partial charge < -0.3 is 15.7 Å². The number of nitrogens with one attached hydrogen (secondary N) is 2. The quantitative estimate of drug-likeness (QED) is 0.595. The molecule has 0 bridgehead atoms. The first-order chi connectivity index (χ1) is 6.31. The fourth-order valence-corrected chi connectivity index (χ4v) is 1.82. The Balaban J connectivity index is 2.29. The van der Waals surface area contributed by atoms with E-state index >= 15 is 0 Å². The van der Waals surface area contributed by atoms with E-state index in [1.54, 1.807) is 6.07 Å². The summed E-state index contributed by atoms with van der Waals surface area (Å²) in [6.45, 7) is 1.91. The van der Waals surface area contributed by atoms with E-state index in [-0.39, 0.29) is 0 Å². The first-order valence-corrected chi connectivity index (χ1v) is 4.52. The molecule has 0 aromatic heterocycles. The first-order valence-electron chi connectivity index (χ1n) is 4.52. The van der Waals surface area contributed by atoms with Crippen LogP contribution >= 0.6 is 0 Å². The SMILES string of the molecule is CNCC1CNc2ccc(O)cc21. The van der Waals surface area contributed by atoms with Crippen molar-refractivity contribution in [2.45, 2.75) is 5.92 Å². The van der Waals surface area contributed by atoms with Crippen molar-refractivity contribution in [3.63, 3.8) is 0 Å². The molecule has 1 unspecified atom stereocenters. The number of phenolic OH excluding ortho intramolecular Hbond substituents is 1. The van der Waals surface area contributed by atoms with E-state index in [1.807, 2.05) is 19.2 Å². The number of likely N-dealkylation sites (N-methyl/N-ethyl adjacent to an activating group) is 1. The van der Waals surface area contributed by atoms with Gasteiger partial charge >= 0.3 is 0 Å². The van der Waals surface area contributed by atoms with E-state index < -0.39 is 0 Å². The van der Waals surface area contributed by atoms with Crippen LogP contribution in [0.1, 0.15) is 11.5 Å². The number of hydrogen-bond donors (Lipinski definition) is 3. The number of phenols is 1. The van der Waals surface area contributed by atoms with Crippen LogP contribution in [-0.2, 0) is 0 Å². The van der Waals surface area contributed by atoms with E-state index in [0.717, 1.165) is 18.8 Å². The standard InChI is InChI=1S/C10H14N2O/c1-11-5-7-6-12-10-3-2-8(13)4-9(7)10/h2-4,7,11-13H,5-6H2,1H3. The van der Waals surface area contributed by atoms with Crippen LogP contribution < -0.4 is 10.6 Å². The van der Waals surface area contributed by atoms with E-state index in [9.17, 15) is 5.11 Å². The van der Waals surface area contributed by atoms with Crippen molar-refractivity contribution in [3.05, 3.63) is 23.8 Å². The predicted octanol–water partition coefficient (Wildman–Crippen LogP) is 1.12. The largest absolute Gasteiger partial charge is 0.508 e. The zero-order valence-electron chi connectivity index (χ0n) is 7.67. The van der Waals surface area contributed by atoms with Gasteiger partial charge in [0.15, 0.2) is 0 Å². The summed E-state index contributed by atoms with van der Waals surface area (Å²) in [5, 5.41) is 15.8. The Bertz CT molecular complexity index is 310. The second kappa shape index (κ2) is 3.26. The van der Waals surface area contributed by atoms with Crippen LogP contribution in [0.5, 0.6) is 5.75 Å². The Labute approximate surface area is 77.8 Å². The summed E-state index contributed by atoms with van der Waals surface area (Å²) in [5.41, 5.74) is 2.37. The van der Waals surface area contributed by atoms with Crippen molar-refractivity contribution in [1.82, 2.24) is 5.32 Å². The van der Waals surface area contributed by atoms with E-state index in [1.165, 1.54) is 5.56 Å². The summed E-state index contributed by atoms with van der Waals surface area (Å²) >= 11 is 0. The third kappa shape index (κ3) is 1.47. The summed E-state index contributed by atoms with van der Waals surface area (Å²) in [6, 6.07) is 5.49. The van der Waals surface area contributed by atoms with Crippen LogP contribution in [0, 0.1) is 0 Å². The lowest BCUT2D eigenvalue weighted by Crippen LogP contribution is -2.18. The molecule has 1 atom stereocenters.